The van der Waals surface area contributed by atoms with Gasteiger partial charge in [0, 0.05) is 5.92 Å². The zero-order valence-electron chi connectivity index (χ0n) is 11.2. The number of thiophene rings is 1. The van der Waals surface area contributed by atoms with E-state index in [0.29, 0.717) is 21.6 Å². The van der Waals surface area contributed by atoms with Crippen LogP contribution >= 0.6 is 22.9 Å². The number of halogens is 1. The molecule has 110 valence electrons. The summed E-state index contributed by atoms with van der Waals surface area (Å²) in [5.41, 5.74) is 4.94. The van der Waals surface area contributed by atoms with E-state index >= 15 is 0 Å². The van der Waals surface area contributed by atoms with Gasteiger partial charge in [-0.15, -0.1) is 11.3 Å². The highest BCUT2D eigenvalue weighted by Gasteiger charge is 2.12. The summed E-state index contributed by atoms with van der Waals surface area (Å²) >= 11 is 6.70. The van der Waals surface area contributed by atoms with E-state index in [1.54, 1.807) is 12.1 Å². The number of rotatable bonds is 2. The average molecular weight is 317 g/mol. The monoisotopic (exact) mass is 316 g/mol. The lowest BCUT2D eigenvalue weighted by Crippen LogP contribution is -2.07. The normalized spacial score (nSPS) is 13.1. The highest BCUT2D eigenvalue weighted by atomic mass is 35.5. The van der Waals surface area contributed by atoms with Gasteiger partial charge in [-0.3, -0.25) is 9.59 Å². The molecule has 5 nitrogen and oxygen atoms in total. The van der Waals surface area contributed by atoms with Gasteiger partial charge in [-0.1, -0.05) is 24.4 Å². The summed E-state index contributed by atoms with van der Waals surface area (Å²) in [6.07, 6.45) is 4.85. The van der Waals surface area contributed by atoms with Gasteiger partial charge in [0.25, 0.3) is 12.4 Å². The van der Waals surface area contributed by atoms with Crippen LogP contribution in [0.5, 0.6) is 0 Å². The van der Waals surface area contributed by atoms with Crippen LogP contribution in [0.3, 0.4) is 0 Å². The van der Waals surface area contributed by atoms with E-state index in [1.807, 2.05) is 0 Å². The number of amides is 1. The Kier molecular flexibility index (Phi) is 10.4. The molecule has 7 heteroatoms. The molecule has 1 amide bonds. The van der Waals surface area contributed by atoms with E-state index in [4.69, 9.17) is 27.4 Å². The van der Waals surface area contributed by atoms with Gasteiger partial charge in [0.15, 0.2) is 0 Å². The van der Waals surface area contributed by atoms with E-state index in [1.165, 1.54) is 31.3 Å². The van der Waals surface area contributed by atoms with E-state index < -0.39 is 5.91 Å². The van der Waals surface area contributed by atoms with Gasteiger partial charge in [0.2, 0.25) is 0 Å². The number of ether oxygens (including phenoxy) is 1. The molecule has 0 radical (unpaired) electrons. The number of nitrogens with two attached hydrogens (primary N) is 1. The van der Waals surface area contributed by atoms with Crippen LogP contribution in [0.25, 0.3) is 0 Å². The molecule has 1 saturated carbocycles. The number of carbonyl (C=O) groups is 2. The van der Waals surface area contributed by atoms with Crippen LogP contribution in [0.15, 0.2) is 12.1 Å². The Morgan fingerprint density at radius 3 is 2.30 bits per heavy atom. The summed E-state index contributed by atoms with van der Waals surface area (Å²) in [5.74, 6) is -0.0214. The molecule has 0 bridgehead atoms. The third-order valence-electron chi connectivity index (χ3n) is 2.45. The topological polar surface area (TPSA) is 93.2 Å². The largest absolute Gasteiger partial charge is 0.471 e. The number of nitrogens with zero attached hydrogens (tertiary/aromatic N) is 1. The van der Waals surface area contributed by atoms with Gasteiger partial charge in [0.05, 0.1) is 22.4 Å². The van der Waals surface area contributed by atoms with Crippen molar-refractivity contribution in [3.05, 3.63) is 21.3 Å². The minimum absolute atomic E-state index is 0.375. The summed E-state index contributed by atoms with van der Waals surface area (Å²) in [7, 11) is 1.31. The molecule has 20 heavy (non-hydrogen) atoms. The first-order chi connectivity index (χ1) is 9.54. The lowest BCUT2D eigenvalue weighted by Gasteiger charge is -1.87. The Hall–Kier alpha value is -1.58. The zero-order chi connectivity index (χ0) is 15.4. The van der Waals surface area contributed by atoms with Gasteiger partial charge in [-0.05, 0) is 25.0 Å². The van der Waals surface area contributed by atoms with Gasteiger partial charge < -0.3 is 10.5 Å². The number of hydrogen-bond donors (Lipinski definition) is 1. The lowest BCUT2D eigenvalue weighted by atomic mass is 10.1. The van der Waals surface area contributed by atoms with Gasteiger partial charge in [-0.2, -0.15) is 5.26 Å². The maximum Gasteiger partial charge on any atom is 0.292 e. The summed E-state index contributed by atoms with van der Waals surface area (Å²) in [6, 6.07) is 5.52. The molecule has 0 atom stereocenters. The van der Waals surface area contributed by atoms with Gasteiger partial charge in [0.1, 0.15) is 0 Å². The van der Waals surface area contributed by atoms with E-state index in [-0.39, 0.29) is 0 Å². The fourth-order valence-corrected chi connectivity index (χ4v) is 2.40. The molecular weight excluding hydrogens is 300 g/mol. The third-order valence-corrected chi connectivity index (χ3v) is 3.70. The minimum atomic E-state index is -0.424. The van der Waals surface area contributed by atoms with Crippen molar-refractivity contribution in [3.63, 3.8) is 0 Å². The molecule has 1 heterocycles. The predicted molar refractivity (Wildman–Crippen MR) is 78.5 cm³/mol. The lowest BCUT2D eigenvalue weighted by molar-refractivity contribution is -0.126. The van der Waals surface area contributed by atoms with Crippen molar-refractivity contribution < 1.29 is 14.3 Å². The van der Waals surface area contributed by atoms with E-state index in [9.17, 15) is 4.79 Å². The second kappa shape index (κ2) is 11.3. The molecule has 0 saturated heterocycles. The van der Waals surface area contributed by atoms with Crippen molar-refractivity contribution >= 4 is 35.3 Å². The maximum atomic E-state index is 10.4. The molecular formula is C13H17ClN2O3S. The number of nitriles is 1. The molecule has 2 N–H and O–H groups in total. The van der Waals surface area contributed by atoms with Crippen LogP contribution in [0.4, 0.5) is 0 Å². The third kappa shape index (κ3) is 8.51. The zero-order valence-corrected chi connectivity index (χ0v) is 12.7. The smallest absolute Gasteiger partial charge is 0.292 e. The molecule has 0 aliphatic heterocycles. The molecule has 1 aliphatic carbocycles. The minimum Gasteiger partial charge on any atom is -0.471 e. The van der Waals surface area contributed by atoms with Crippen LogP contribution in [0, 0.1) is 17.2 Å². The Bertz CT molecular complexity index is 451. The number of methoxy groups -OCH3 is 1. The van der Waals surface area contributed by atoms with Crippen LogP contribution in [-0.4, -0.2) is 19.5 Å². The first kappa shape index (κ1) is 18.4. The van der Waals surface area contributed by atoms with Crippen LogP contribution in [-0.2, 0) is 9.53 Å². The van der Waals surface area contributed by atoms with Crippen molar-refractivity contribution in [2.24, 2.45) is 11.7 Å². The van der Waals surface area contributed by atoms with Crippen LogP contribution < -0.4 is 5.73 Å². The highest BCUT2D eigenvalue weighted by Crippen LogP contribution is 2.23. The second-order valence-corrected chi connectivity index (χ2v) is 5.63. The molecule has 0 aromatic carbocycles. The summed E-state index contributed by atoms with van der Waals surface area (Å²) in [5, 5.41) is 8.32. The Labute approximate surface area is 127 Å². The van der Waals surface area contributed by atoms with Gasteiger partial charge >= 0.3 is 0 Å². The molecule has 0 spiro atoms. The van der Waals surface area contributed by atoms with Gasteiger partial charge in [-0.25, -0.2) is 0 Å². The fourth-order valence-electron chi connectivity index (χ4n) is 1.50. The summed E-state index contributed by atoms with van der Waals surface area (Å²) < 4.78 is 4.45. The maximum absolute atomic E-state index is 10.4. The van der Waals surface area contributed by atoms with Crippen molar-refractivity contribution in [2.45, 2.75) is 25.7 Å². The van der Waals surface area contributed by atoms with Crippen LogP contribution in [0.1, 0.15) is 35.4 Å². The quantitative estimate of drug-likeness (QED) is 0.849. The average Bonchev–Trinajstić information content (AvgIpc) is 3.10. The van der Waals surface area contributed by atoms with Crippen LogP contribution in [0.2, 0.25) is 4.34 Å². The number of primary amides is 1. The molecule has 1 aromatic rings. The Balaban J connectivity index is 0.000000293. The Morgan fingerprint density at radius 2 is 2.10 bits per heavy atom. The van der Waals surface area contributed by atoms with Crippen molar-refractivity contribution in [1.82, 2.24) is 0 Å². The molecule has 2 rings (SSSR count). The molecule has 1 aromatic heterocycles. The fraction of sp³-hybridized carbons (Fsp3) is 0.462. The first-order valence-electron chi connectivity index (χ1n) is 5.96. The first-order valence-corrected chi connectivity index (χ1v) is 7.15. The van der Waals surface area contributed by atoms with Crippen molar-refractivity contribution in [3.8, 4) is 6.07 Å². The van der Waals surface area contributed by atoms with E-state index in [2.05, 4.69) is 10.8 Å². The number of carbonyl (C=O) groups excluding carboxylic acids is 2. The van der Waals surface area contributed by atoms with E-state index in [0.717, 1.165) is 12.8 Å². The predicted octanol–water partition coefficient (Wildman–Crippen LogP) is 2.99. The Morgan fingerprint density at radius 1 is 1.55 bits per heavy atom. The molecule has 0 unspecified atom stereocenters. The highest BCUT2D eigenvalue weighted by molar-refractivity contribution is 7.17. The summed E-state index contributed by atoms with van der Waals surface area (Å²) in [6.45, 7) is 0.375. The van der Waals surface area contributed by atoms with Crippen molar-refractivity contribution in [2.75, 3.05) is 7.11 Å². The SMILES string of the molecule is COC=O.N#CC1CCCC1.NC(=O)c1ccc(Cl)s1. The van der Waals surface area contributed by atoms with Crippen molar-refractivity contribution in [1.29, 1.82) is 5.26 Å². The second-order valence-electron chi connectivity index (χ2n) is 3.91. The molecule has 1 fully saturated rings. The summed E-state index contributed by atoms with van der Waals surface area (Å²) in [4.78, 5) is 19.8. The number of hydrogen-bond acceptors (Lipinski definition) is 5. The molecule has 1 aliphatic rings. The standard InChI is InChI=1S/C6H9N.C5H4ClNOS.C2H4O2/c7-5-6-3-1-2-4-6;6-4-2-1-3(9-4)5(7)8;1-4-2-3/h6H,1-4H2;1-2H,(H2,7,8);2H,1H3.